The van der Waals surface area contributed by atoms with Crippen molar-refractivity contribution in [1.82, 2.24) is 4.98 Å². The SMILES string of the molecule is CC(C)(C)[CH]=[Mo]=[N]C12CC3CC(CC(C3)C1)C2.Cc1cc2c(c(-c3c(O)c(C)cc4c3CCCC4)c1C)CCCC2.c1cc[n-]c1. The number of aromatic nitrogens is 1. The fourth-order valence-electron chi connectivity index (χ4n) is 9.54. The molecule has 248 valence electrons. The first-order valence-corrected chi connectivity index (χ1v) is 20.3. The molecule has 4 bridgehead atoms. The molecule has 0 atom stereocenters. The van der Waals surface area contributed by atoms with Gasteiger partial charge < -0.3 is 10.1 Å². The standard InChI is InChI=1S/C23H28O.C10H15N.C5H10.C4H4N.Mo/c1-14-12-17-8-4-6-10-19(17)21(16(14)3)22-20-11-7-5-9-18(20)13-15(2)23(22)24;11-10-4-7-1-8(5-10)3-9(2-7)6-10;1-5(2,3)4;1-2-4-5-3-1;/h12-13,24H,4-11H2,1-3H3;7-9H,1-6H2;1H,2-4H3;1-4H;/q;;;-1;. The molecule has 0 unspecified atom stereocenters. The van der Waals surface area contributed by atoms with Crippen molar-refractivity contribution < 1.29 is 23.0 Å². The molecule has 1 aromatic heterocycles. The molecule has 0 saturated heterocycles. The van der Waals surface area contributed by atoms with Crippen molar-refractivity contribution in [3.05, 3.63) is 75.6 Å². The van der Waals surface area contributed by atoms with E-state index in [1.54, 1.807) is 12.4 Å². The van der Waals surface area contributed by atoms with E-state index in [1.165, 1.54) is 115 Å². The van der Waals surface area contributed by atoms with Gasteiger partial charge in [0.25, 0.3) is 0 Å². The predicted molar refractivity (Wildman–Crippen MR) is 190 cm³/mol. The van der Waals surface area contributed by atoms with Crippen molar-refractivity contribution in [3.63, 3.8) is 0 Å². The Morgan fingerprint density at radius 2 is 1.26 bits per heavy atom. The third-order valence-corrected chi connectivity index (χ3v) is 14.6. The monoisotopic (exact) mass is 703 g/mol. The fourth-order valence-corrected chi connectivity index (χ4v) is 11.5. The van der Waals surface area contributed by atoms with Crippen molar-refractivity contribution >= 4 is 4.40 Å². The number of hydrogen-bond acceptors (Lipinski definition) is 2. The maximum atomic E-state index is 11.0. The van der Waals surface area contributed by atoms with Crippen LogP contribution in [0.25, 0.3) is 11.1 Å². The van der Waals surface area contributed by atoms with Crippen LogP contribution in [-0.2, 0) is 43.6 Å². The van der Waals surface area contributed by atoms with Gasteiger partial charge in [0, 0.05) is 5.56 Å². The zero-order chi connectivity index (χ0) is 32.5. The number of nitrogens with zero attached hydrogens (tertiary/aromatic N) is 2. The summed E-state index contributed by atoms with van der Waals surface area (Å²) in [4.78, 5) is 3.72. The molecule has 6 aliphatic rings. The number of aryl methyl sites for hydroxylation is 4. The summed E-state index contributed by atoms with van der Waals surface area (Å²) in [6, 6.07) is 8.40. The van der Waals surface area contributed by atoms with Crippen LogP contribution >= 0.6 is 0 Å². The second kappa shape index (κ2) is 14.2. The summed E-state index contributed by atoms with van der Waals surface area (Å²) < 4.78 is 7.80. The van der Waals surface area contributed by atoms with Crippen molar-refractivity contribution in [2.45, 2.75) is 137 Å². The molecule has 6 aliphatic carbocycles. The molecule has 0 aliphatic heterocycles. The van der Waals surface area contributed by atoms with Crippen molar-refractivity contribution in [2.75, 3.05) is 0 Å². The van der Waals surface area contributed by atoms with E-state index in [0.29, 0.717) is 16.7 Å². The van der Waals surface area contributed by atoms with Gasteiger partial charge in [0.1, 0.15) is 5.75 Å². The van der Waals surface area contributed by atoms with Crippen molar-refractivity contribution in [3.8, 4) is 16.9 Å². The molecule has 9 rings (SSSR count). The minimum atomic E-state index is -0.214. The van der Waals surface area contributed by atoms with Crippen LogP contribution in [0.5, 0.6) is 5.75 Å². The van der Waals surface area contributed by atoms with Crippen LogP contribution in [0.4, 0.5) is 0 Å². The minimum Gasteiger partial charge on any atom is -0.670 e. The summed E-state index contributed by atoms with van der Waals surface area (Å²) in [5.74, 6) is 3.67. The van der Waals surface area contributed by atoms with Gasteiger partial charge in [-0.1, -0.05) is 24.3 Å². The molecule has 0 amide bonds. The Bertz CT molecular complexity index is 1460. The Morgan fingerprint density at radius 3 is 1.76 bits per heavy atom. The summed E-state index contributed by atoms with van der Waals surface area (Å²) in [5.41, 5.74) is 13.1. The van der Waals surface area contributed by atoms with Gasteiger partial charge in [0.2, 0.25) is 0 Å². The Labute approximate surface area is 287 Å². The third-order valence-electron chi connectivity index (χ3n) is 11.3. The number of phenolic OH excluding ortho intramolecular Hbond substituents is 1. The van der Waals surface area contributed by atoms with Crippen molar-refractivity contribution in [1.29, 1.82) is 0 Å². The average Bonchev–Trinajstić information content (AvgIpc) is 3.59. The van der Waals surface area contributed by atoms with Gasteiger partial charge in [-0.05, 0) is 117 Å². The van der Waals surface area contributed by atoms with Crippen LogP contribution in [0.2, 0.25) is 0 Å². The maximum absolute atomic E-state index is 11.0. The molecule has 0 radical (unpaired) electrons. The zero-order valence-corrected chi connectivity index (χ0v) is 31.4. The summed E-state index contributed by atoms with van der Waals surface area (Å²) in [7, 11) is 0. The number of aromatic hydroxyl groups is 1. The quantitative estimate of drug-likeness (QED) is 0.271. The van der Waals surface area contributed by atoms with E-state index in [-0.39, 0.29) is 17.9 Å². The normalized spacial score (nSPS) is 25.7. The molecule has 4 heteroatoms. The van der Waals surface area contributed by atoms with E-state index in [9.17, 15) is 5.11 Å². The first kappa shape index (κ1) is 33.8. The van der Waals surface area contributed by atoms with Gasteiger partial charge in [-0.3, -0.25) is 0 Å². The smallest absolute Gasteiger partial charge is 0.126 e. The van der Waals surface area contributed by atoms with Crippen LogP contribution in [0.15, 0.2) is 40.2 Å². The van der Waals surface area contributed by atoms with Crippen LogP contribution in [0, 0.1) is 43.9 Å². The molecular formula is C42H57MoN2O-. The van der Waals surface area contributed by atoms with E-state index in [2.05, 4.69) is 63.1 Å². The summed E-state index contributed by atoms with van der Waals surface area (Å²) >= 11 is -0.214. The maximum Gasteiger partial charge on any atom is 0.126 e. The second-order valence-electron chi connectivity index (χ2n) is 16.5. The molecule has 0 spiro atoms. The Kier molecular flexibility index (Phi) is 10.4. The number of rotatable bonds is 2. The first-order valence-electron chi connectivity index (χ1n) is 18.2. The third kappa shape index (κ3) is 7.61. The molecular weight excluding hydrogens is 644 g/mol. The average molecular weight is 702 g/mol. The van der Waals surface area contributed by atoms with Crippen LogP contribution < -0.4 is 4.98 Å². The molecule has 4 saturated carbocycles. The van der Waals surface area contributed by atoms with Gasteiger partial charge in [-0.2, -0.15) is 12.4 Å². The van der Waals surface area contributed by atoms with E-state index >= 15 is 0 Å². The van der Waals surface area contributed by atoms with Gasteiger partial charge in [0.05, 0.1) is 0 Å². The molecule has 2 aromatic carbocycles. The molecule has 3 nitrogen and oxygen atoms in total. The summed E-state index contributed by atoms with van der Waals surface area (Å²) in [5, 5.41) is 11.0. The Morgan fingerprint density at radius 1 is 0.761 bits per heavy atom. The number of hydrogen-bond donors (Lipinski definition) is 1. The fraction of sp³-hybridized carbons (Fsp3) is 0.595. The number of phenols is 1. The summed E-state index contributed by atoms with van der Waals surface area (Å²) in [6.07, 6.45) is 22.2. The van der Waals surface area contributed by atoms with Crippen molar-refractivity contribution in [2.24, 2.45) is 26.7 Å². The van der Waals surface area contributed by atoms with Crippen LogP contribution in [0.1, 0.15) is 124 Å². The minimum absolute atomic E-state index is 0.214. The van der Waals surface area contributed by atoms with E-state index < -0.39 is 0 Å². The number of benzene rings is 2. The Balaban J connectivity index is 0.000000146. The van der Waals surface area contributed by atoms with Gasteiger partial charge in [0.15, 0.2) is 0 Å². The topological polar surface area (TPSA) is 46.7 Å². The molecule has 1 heterocycles. The van der Waals surface area contributed by atoms with Gasteiger partial charge >= 0.3 is 114 Å². The van der Waals surface area contributed by atoms with E-state index in [4.69, 9.17) is 3.50 Å². The molecule has 46 heavy (non-hydrogen) atoms. The van der Waals surface area contributed by atoms with Crippen LogP contribution in [0.3, 0.4) is 0 Å². The summed E-state index contributed by atoms with van der Waals surface area (Å²) in [6.45, 7) is 13.5. The van der Waals surface area contributed by atoms with Gasteiger partial charge in [-0.25, -0.2) is 0 Å². The van der Waals surface area contributed by atoms with Crippen LogP contribution in [-0.4, -0.2) is 15.0 Å². The number of fused-ring (bicyclic) bond motifs is 2. The molecule has 1 N–H and O–H groups in total. The first-order chi connectivity index (χ1) is 22.0. The zero-order valence-electron chi connectivity index (χ0n) is 29.4. The predicted octanol–water partition coefficient (Wildman–Crippen LogP) is 10.5. The molecule has 4 fully saturated rings. The largest absolute Gasteiger partial charge is 0.670 e. The van der Waals surface area contributed by atoms with E-state index in [0.717, 1.165) is 42.6 Å². The second-order valence-corrected chi connectivity index (χ2v) is 18.0. The van der Waals surface area contributed by atoms with Gasteiger partial charge in [-0.15, -0.1) is 0 Å². The Hall–Kier alpha value is -2.12. The molecule has 3 aromatic rings. The van der Waals surface area contributed by atoms with E-state index in [1.807, 2.05) is 12.1 Å².